The Morgan fingerprint density at radius 1 is 1.47 bits per heavy atom. The summed E-state index contributed by atoms with van der Waals surface area (Å²) < 4.78 is 0. The normalized spacial score (nSPS) is 10.3. The van der Waals surface area contributed by atoms with E-state index in [1.807, 2.05) is 19.2 Å². The number of hydrogen-bond donors (Lipinski definition) is 2. The molecule has 0 aliphatic carbocycles. The van der Waals surface area contributed by atoms with E-state index in [-0.39, 0.29) is 0 Å². The van der Waals surface area contributed by atoms with E-state index in [2.05, 4.69) is 20.5 Å². The highest BCUT2D eigenvalue weighted by Gasteiger charge is 2.00. The molecule has 0 radical (unpaired) electrons. The Balaban J connectivity index is 2.05. The van der Waals surface area contributed by atoms with Crippen molar-refractivity contribution in [2.24, 2.45) is 0 Å². The number of nitrogens with one attached hydrogen (secondary N) is 2. The highest BCUT2D eigenvalue weighted by molar-refractivity contribution is 6.30. The van der Waals surface area contributed by atoms with Gasteiger partial charge < -0.3 is 5.32 Å². The first kappa shape index (κ1) is 9.98. The molecule has 2 aromatic rings. The van der Waals surface area contributed by atoms with Crippen LogP contribution in [0.15, 0.2) is 24.7 Å². The van der Waals surface area contributed by atoms with E-state index in [0.29, 0.717) is 11.6 Å². The molecule has 0 aliphatic heterocycles. The van der Waals surface area contributed by atoms with Crippen molar-refractivity contribution in [3.05, 3.63) is 40.8 Å². The zero-order valence-corrected chi connectivity index (χ0v) is 9.04. The molecule has 2 aromatic heterocycles. The zero-order chi connectivity index (χ0) is 10.7. The number of aryl methyl sites for hydroxylation is 1. The number of aromatic nitrogens is 3. The summed E-state index contributed by atoms with van der Waals surface area (Å²) in [6.45, 7) is 2.67. The quantitative estimate of drug-likeness (QED) is 0.839. The molecular formula is C10H11ClN4. The molecular weight excluding hydrogens is 212 g/mol. The fraction of sp³-hybridized carbons (Fsp3) is 0.200. The maximum atomic E-state index is 5.81. The molecule has 2 N–H and O–H groups in total. The van der Waals surface area contributed by atoms with Crippen molar-refractivity contribution in [2.75, 3.05) is 5.32 Å². The standard InChI is InChI=1S/C10H11ClN4/c1-7-2-9(11)6-13-10(7)12-3-8-4-14-15-5-8/h2,4-6H,3H2,1H3,(H,12,13)(H,14,15). The highest BCUT2D eigenvalue weighted by atomic mass is 35.5. The lowest BCUT2D eigenvalue weighted by Crippen LogP contribution is -2.02. The van der Waals surface area contributed by atoms with Gasteiger partial charge >= 0.3 is 0 Å². The van der Waals surface area contributed by atoms with Crippen LogP contribution in [0.5, 0.6) is 0 Å². The Labute approximate surface area is 92.7 Å². The topological polar surface area (TPSA) is 53.6 Å². The molecule has 2 heterocycles. The smallest absolute Gasteiger partial charge is 0.129 e. The molecule has 0 unspecified atom stereocenters. The number of hydrogen-bond acceptors (Lipinski definition) is 3. The van der Waals surface area contributed by atoms with Crippen LogP contribution in [0.4, 0.5) is 5.82 Å². The van der Waals surface area contributed by atoms with Gasteiger partial charge in [0.2, 0.25) is 0 Å². The Kier molecular flexibility index (Phi) is 2.87. The van der Waals surface area contributed by atoms with Gasteiger partial charge in [-0.25, -0.2) is 4.98 Å². The second-order valence-electron chi connectivity index (χ2n) is 3.28. The summed E-state index contributed by atoms with van der Waals surface area (Å²) in [5, 5.41) is 10.5. The fourth-order valence-electron chi connectivity index (χ4n) is 1.29. The molecule has 78 valence electrons. The van der Waals surface area contributed by atoms with Crippen LogP contribution in [0.2, 0.25) is 5.02 Å². The van der Waals surface area contributed by atoms with Gasteiger partial charge in [-0.05, 0) is 18.6 Å². The number of anilines is 1. The van der Waals surface area contributed by atoms with Crippen LogP contribution >= 0.6 is 11.6 Å². The second-order valence-corrected chi connectivity index (χ2v) is 3.72. The minimum atomic E-state index is 0.654. The maximum Gasteiger partial charge on any atom is 0.129 e. The van der Waals surface area contributed by atoms with E-state index in [9.17, 15) is 0 Å². The first-order valence-corrected chi connectivity index (χ1v) is 4.97. The summed E-state index contributed by atoms with van der Waals surface area (Å²) in [6, 6.07) is 1.88. The van der Waals surface area contributed by atoms with Crippen molar-refractivity contribution in [3.63, 3.8) is 0 Å². The van der Waals surface area contributed by atoms with Crippen LogP contribution in [0.1, 0.15) is 11.1 Å². The van der Waals surface area contributed by atoms with Gasteiger partial charge in [0.15, 0.2) is 0 Å². The van der Waals surface area contributed by atoms with Gasteiger partial charge in [-0.1, -0.05) is 11.6 Å². The monoisotopic (exact) mass is 222 g/mol. The van der Waals surface area contributed by atoms with Crippen LogP contribution in [-0.4, -0.2) is 15.2 Å². The average molecular weight is 223 g/mol. The summed E-state index contributed by atoms with van der Waals surface area (Å²) in [5.41, 5.74) is 2.12. The summed E-state index contributed by atoms with van der Waals surface area (Å²) >= 11 is 5.81. The molecule has 0 amide bonds. The summed E-state index contributed by atoms with van der Waals surface area (Å²) in [7, 11) is 0. The molecule has 2 rings (SSSR count). The third-order valence-corrected chi connectivity index (χ3v) is 2.27. The second kappa shape index (κ2) is 4.31. The first-order valence-electron chi connectivity index (χ1n) is 4.59. The lowest BCUT2D eigenvalue weighted by molar-refractivity contribution is 1.09. The number of rotatable bonds is 3. The fourth-order valence-corrected chi connectivity index (χ4v) is 1.50. The molecule has 0 atom stereocenters. The molecule has 0 saturated heterocycles. The Bertz CT molecular complexity index is 439. The van der Waals surface area contributed by atoms with E-state index in [4.69, 9.17) is 11.6 Å². The lowest BCUT2D eigenvalue weighted by Gasteiger charge is -2.06. The molecule has 0 aliphatic rings. The maximum absolute atomic E-state index is 5.81. The summed E-state index contributed by atoms with van der Waals surface area (Å²) in [5.74, 6) is 0.848. The van der Waals surface area contributed by atoms with Crippen molar-refractivity contribution in [1.82, 2.24) is 15.2 Å². The van der Waals surface area contributed by atoms with E-state index in [1.54, 1.807) is 12.4 Å². The predicted octanol–water partition coefficient (Wildman–Crippen LogP) is 2.38. The van der Waals surface area contributed by atoms with E-state index < -0.39 is 0 Å². The highest BCUT2D eigenvalue weighted by Crippen LogP contribution is 2.16. The molecule has 0 fully saturated rings. The van der Waals surface area contributed by atoms with Crippen LogP contribution in [-0.2, 0) is 6.54 Å². The predicted molar refractivity (Wildman–Crippen MR) is 59.9 cm³/mol. The lowest BCUT2D eigenvalue weighted by atomic mass is 10.3. The van der Waals surface area contributed by atoms with E-state index in [0.717, 1.165) is 16.9 Å². The van der Waals surface area contributed by atoms with Crippen molar-refractivity contribution in [3.8, 4) is 0 Å². The third kappa shape index (κ3) is 2.47. The van der Waals surface area contributed by atoms with Gasteiger partial charge in [-0.3, -0.25) is 5.10 Å². The third-order valence-electron chi connectivity index (χ3n) is 2.06. The van der Waals surface area contributed by atoms with Crippen molar-refractivity contribution < 1.29 is 0 Å². The Hall–Kier alpha value is -1.55. The van der Waals surface area contributed by atoms with Crippen LogP contribution in [0, 0.1) is 6.92 Å². The van der Waals surface area contributed by atoms with Gasteiger partial charge in [0.25, 0.3) is 0 Å². The number of nitrogens with zero attached hydrogens (tertiary/aromatic N) is 2. The largest absolute Gasteiger partial charge is 0.366 e. The Morgan fingerprint density at radius 2 is 2.33 bits per heavy atom. The first-order chi connectivity index (χ1) is 7.25. The minimum absolute atomic E-state index is 0.654. The zero-order valence-electron chi connectivity index (χ0n) is 8.29. The number of pyridine rings is 1. The molecule has 0 saturated carbocycles. The average Bonchev–Trinajstić information content (AvgIpc) is 2.69. The molecule has 0 spiro atoms. The van der Waals surface area contributed by atoms with Crippen LogP contribution < -0.4 is 5.32 Å². The van der Waals surface area contributed by atoms with Gasteiger partial charge in [0.1, 0.15) is 5.82 Å². The van der Waals surface area contributed by atoms with E-state index >= 15 is 0 Å². The molecule has 15 heavy (non-hydrogen) atoms. The molecule has 5 heteroatoms. The van der Waals surface area contributed by atoms with Gasteiger partial charge in [-0.2, -0.15) is 5.10 Å². The number of H-pyrrole nitrogens is 1. The minimum Gasteiger partial charge on any atom is -0.366 e. The van der Waals surface area contributed by atoms with Gasteiger partial charge in [-0.15, -0.1) is 0 Å². The van der Waals surface area contributed by atoms with Gasteiger partial charge in [0.05, 0.1) is 11.2 Å². The summed E-state index contributed by atoms with van der Waals surface area (Å²) in [6.07, 6.45) is 5.25. The SMILES string of the molecule is Cc1cc(Cl)cnc1NCc1cn[nH]c1. The summed E-state index contributed by atoms with van der Waals surface area (Å²) in [4.78, 5) is 4.20. The van der Waals surface area contributed by atoms with Crippen LogP contribution in [0.3, 0.4) is 0 Å². The Morgan fingerprint density at radius 3 is 3.00 bits per heavy atom. The van der Waals surface area contributed by atoms with E-state index in [1.165, 1.54) is 0 Å². The number of aromatic amines is 1. The van der Waals surface area contributed by atoms with Gasteiger partial charge in [0, 0.05) is 24.5 Å². The van der Waals surface area contributed by atoms with Crippen molar-refractivity contribution >= 4 is 17.4 Å². The molecule has 0 bridgehead atoms. The number of halogens is 1. The molecule has 0 aromatic carbocycles. The molecule has 4 nitrogen and oxygen atoms in total. The van der Waals surface area contributed by atoms with Crippen LogP contribution in [0.25, 0.3) is 0 Å². The van der Waals surface area contributed by atoms with Crippen molar-refractivity contribution in [1.29, 1.82) is 0 Å². The van der Waals surface area contributed by atoms with Crippen molar-refractivity contribution in [2.45, 2.75) is 13.5 Å².